The maximum atomic E-state index is 11.3. The molecule has 1 aliphatic heterocycles. The summed E-state index contributed by atoms with van der Waals surface area (Å²) in [6, 6.07) is 12.2. The third kappa shape index (κ3) is 3.41. The average molecular weight is 338 g/mol. The zero-order chi connectivity index (χ0) is 15.5. The van der Waals surface area contributed by atoms with Crippen LogP contribution in [0.3, 0.4) is 0 Å². The minimum Gasteiger partial charge on any atom is -0.346 e. The van der Waals surface area contributed by atoms with E-state index in [1.807, 2.05) is 12.1 Å². The lowest BCUT2D eigenvalue weighted by atomic mass is 10.2. The number of rotatable bonds is 4. The fraction of sp³-hybridized carbons (Fsp3) is 0.200. The normalized spacial score (nSPS) is 15.1. The van der Waals surface area contributed by atoms with Crippen molar-refractivity contribution in [3.63, 3.8) is 0 Å². The fourth-order valence-corrected chi connectivity index (χ4v) is 3.12. The number of hydrogen-bond acceptors (Lipinski definition) is 5. The van der Waals surface area contributed by atoms with Crippen molar-refractivity contribution in [2.24, 2.45) is 0 Å². The van der Waals surface area contributed by atoms with Gasteiger partial charge < -0.3 is 9.47 Å². The molecule has 0 aliphatic carbocycles. The largest absolute Gasteiger partial charge is 0.346 e. The summed E-state index contributed by atoms with van der Waals surface area (Å²) < 4.78 is 10.8. The van der Waals surface area contributed by atoms with Crippen molar-refractivity contribution in [2.75, 3.05) is 13.2 Å². The van der Waals surface area contributed by atoms with E-state index >= 15 is 0 Å². The van der Waals surface area contributed by atoms with Gasteiger partial charge in [-0.15, -0.1) is 0 Å². The van der Waals surface area contributed by atoms with Gasteiger partial charge in [0.1, 0.15) is 0 Å². The Morgan fingerprint density at radius 1 is 1.14 bits per heavy atom. The van der Waals surface area contributed by atoms with Gasteiger partial charge in [-0.3, -0.25) is 10.1 Å². The van der Waals surface area contributed by atoms with Gasteiger partial charge in [-0.25, -0.2) is 0 Å². The second-order valence-electron chi connectivity index (χ2n) is 4.61. The Kier molecular flexibility index (Phi) is 4.63. The number of benzene rings is 2. The van der Waals surface area contributed by atoms with Crippen LogP contribution in [0, 0.1) is 10.1 Å². The van der Waals surface area contributed by atoms with E-state index in [2.05, 4.69) is 0 Å². The van der Waals surface area contributed by atoms with Gasteiger partial charge in [-0.05, 0) is 30.3 Å². The molecule has 1 saturated heterocycles. The van der Waals surface area contributed by atoms with Gasteiger partial charge in [0.05, 0.1) is 23.0 Å². The van der Waals surface area contributed by atoms with E-state index < -0.39 is 11.2 Å². The summed E-state index contributed by atoms with van der Waals surface area (Å²) in [5.41, 5.74) is 0.696. The fourth-order valence-electron chi connectivity index (χ4n) is 2.09. The van der Waals surface area contributed by atoms with Crippen molar-refractivity contribution in [3.05, 3.63) is 63.2 Å². The van der Waals surface area contributed by atoms with Crippen molar-refractivity contribution in [2.45, 2.75) is 16.1 Å². The molecule has 0 amide bonds. The van der Waals surface area contributed by atoms with E-state index in [0.717, 1.165) is 4.90 Å². The van der Waals surface area contributed by atoms with E-state index in [1.165, 1.54) is 17.8 Å². The van der Waals surface area contributed by atoms with Crippen LogP contribution in [0.15, 0.2) is 52.3 Å². The summed E-state index contributed by atoms with van der Waals surface area (Å²) in [7, 11) is 0. The van der Waals surface area contributed by atoms with E-state index in [4.69, 9.17) is 21.1 Å². The molecular weight excluding hydrogens is 326 g/mol. The van der Waals surface area contributed by atoms with Crippen LogP contribution in [0.4, 0.5) is 5.69 Å². The number of hydrogen-bond donors (Lipinski definition) is 0. The molecule has 0 aromatic heterocycles. The maximum Gasteiger partial charge on any atom is 0.283 e. The molecule has 7 heteroatoms. The lowest BCUT2D eigenvalue weighted by Crippen LogP contribution is -2.00. The van der Waals surface area contributed by atoms with Gasteiger partial charge >= 0.3 is 0 Å². The highest BCUT2D eigenvalue weighted by molar-refractivity contribution is 7.99. The molecule has 3 rings (SSSR count). The minimum absolute atomic E-state index is 0.0385. The van der Waals surface area contributed by atoms with Gasteiger partial charge in [0.15, 0.2) is 6.29 Å². The van der Waals surface area contributed by atoms with E-state index in [-0.39, 0.29) is 5.69 Å². The highest BCUT2D eigenvalue weighted by atomic mass is 35.5. The highest BCUT2D eigenvalue weighted by Crippen LogP contribution is 2.37. The SMILES string of the molecule is O=[N+]([O-])c1cc(C2OCCO2)ccc1Sc1ccc(Cl)cc1. The first-order valence-electron chi connectivity index (χ1n) is 6.58. The Bertz CT molecular complexity index is 686. The lowest BCUT2D eigenvalue weighted by Gasteiger charge is -2.10. The summed E-state index contributed by atoms with van der Waals surface area (Å²) in [5, 5.41) is 12.0. The molecule has 5 nitrogen and oxygen atoms in total. The lowest BCUT2D eigenvalue weighted by molar-refractivity contribution is -0.387. The second-order valence-corrected chi connectivity index (χ2v) is 6.17. The Morgan fingerprint density at radius 3 is 2.45 bits per heavy atom. The standard InChI is InChI=1S/C15H12ClNO4S/c16-11-2-4-12(5-3-11)22-14-6-1-10(9-13(14)17(18)19)15-20-7-8-21-15/h1-6,9,15H,7-8H2. The van der Waals surface area contributed by atoms with Crippen LogP contribution in [0.2, 0.25) is 5.02 Å². The summed E-state index contributed by atoms with van der Waals surface area (Å²) in [5.74, 6) is 0. The quantitative estimate of drug-likeness (QED) is 0.609. The first-order chi connectivity index (χ1) is 10.6. The summed E-state index contributed by atoms with van der Waals surface area (Å²) in [6.07, 6.45) is -0.520. The zero-order valence-corrected chi connectivity index (χ0v) is 13.0. The molecule has 2 aromatic rings. The predicted molar refractivity (Wildman–Crippen MR) is 83.3 cm³/mol. The molecule has 0 radical (unpaired) electrons. The molecule has 22 heavy (non-hydrogen) atoms. The summed E-state index contributed by atoms with van der Waals surface area (Å²) >= 11 is 7.17. The van der Waals surface area contributed by atoms with Crippen LogP contribution in [0.5, 0.6) is 0 Å². The Balaban J connectivity index is 1.89. The first-order valence-corrected chi connectivity index (χ1v) is 7.78. The van der Waals surface area contributed by atoms with E-state index in [0.29, 0.717) is 28.7 Å². The third-order valence-corrected chi connectivity index (χ3v) is 4.44. The van der Waals surface area contributed by atoms with Crippen LogP contribution in [-0.2, 0) is 9.47 Å². The van der Waals surface area contributed by atoms with Crippen molar-refractivity contribution in [1.29, 1.82) is 0 Å². The minimum atomic E-state index is -0.520. The first kappa shape index (κ1) is 15.3. The van der Waals surface area contributed by atoms with Crippen molar-refractivity contribution < 1.29 is 14.4 Å². The topological polar surface area (TPSA) is 61.6 Å². The molecule has 2 aromatic carbocycles. The van der Waals surface area contributed by atoms with Crippen LogP contribution >= 0.6 is 23.4 Å². The Morgan fingerprint density at radius 2 is 1.82 bits per heavy atom. The van der Waals surface area contributed by atoms with Gasteiger partial charge in [-0.1, -0.05) is 29.4 Å². The number of nitrogens with zero attached hydrogens (tertiary/aromatic N) is 1. The maximum absolute atomic E-state index is 11.3. The Hall–Kier alpha value is -1.60. The highest BCUT2D eigenvalue weighted by Gasteiger charge is 2.23. The van der Waals surface area contributed by atoms with Crippen molar-refractivity contribution in [3.8, 4) is 0 Å². The molecule has 0 saturated carbocycles. The molecular formula is C15H12ClNO4S. The van der Waals surface area contributed by atoms with Crippen LogP contribution < -0.4 is 0 Å². The molecule has 0 unspecified atom stereocenters. The Labute approximate surface area is 136 Å². The molecule has 0 bridgehead atoms. The number of nitro groups is 1. The van der Waals surface area contributed by atoms with Gasteiger partial charge in [0.2, 0.25) is 0 Å². The zero-order valence-electron chi connectivity index (χ0n) is 11.4. The molecule has 114 valence electrons. The van der Waals surface area contributed by atoms with E-state index in [1.54, 1.807) is 24.3 Å². The number of nitro benzene ring substituents is 1. The predicted octanol–water partition coefficient (Wildman–Crippen LogP) is 4.44. The smallest absolute Gasteiger partial charge is 0.283 e. The second kappa shape index (κ2) is 6.66. The van der Waals surface area contributed by atoms with Crippen LogP contribution in [-0.4, -0.2) is 18.1 Å². The summed E-state index contributed by atoms with van der Waals surface area (Å²) in [4.78, 5) is 12.4. The molecule has 1 heterocycles. The molecule has 0 spiro atoms. The average Bonchev–Trinajstić information content (AvgIpc) is 3.04. The van der Waals surface area contributed by atoms with Gasteiger partial charge in [0, 0.05) is 21.5 Å². The molecule has 0 N–H and O–H groups in total. The van der Waals surface area contributed by atoms with Crippen molar-refractivity contribution in [1.82, 2.24) is 0 Å². The number of ether oxygens (including phenoxy) is 2. The van der Waals surface area contributed by atoms with Crippen molar-refractivity contribution >= 4 is 29.1 Å². The van der Waals surface area contributed by atoms with Crippen LogP contribution in [0.25, 0.3) is 0 Å². The van der Waals surface area contributed by atoms with Gasteiger partial charge in [-0.2, -0.15) is 0 Å². The van der Waals surface area contributed by atoms with E-state index in [9.17, 15) is 10.1 Å². The monoisotopic (exact) mass is 337 g/mol. The molecule has 1 fully saturated rings. The third-order valence-electron chi connectivity index (χ3n) is 3.12. The molecule has 0 atom stereocenters. The van der Waals surface area contributed by atoms with Gasteiger partial charge in [0.25, 0.3) is 5.69 Å². The van der Waals surface area contributed by atoms with Crippen LogP contribution in [0.1, 0.15) is 11.9 Å². The number of halogens is 1. The summed E-state index contributed by atoms with van der Waals surface area (Å²) in [6.45, 7) is 0.999. The molecule has 1 aliphatic rings.